The number of aliphatic hydroxyl groups is 5. The van der Waals surface area contributed by atoms with E-state index in [1.54, 1.807) is 0 Å². The molecule has 482 valence electrons. The number of ether oxygens (including phenoxy) is 2. The van der Waals surface area contributed by atoms with E-state index in [-0.39, 0.29) is 12.5 Å². The van der Waals surface area contributed by atoms with Crippen LogP contribution in [0.15, 0.2) is 122 Å². The molecule has 0 radical (unpaired) electrons. The number of amides is 1. The third kappa shape index (κ3) is 50.7. The number of aliphatic hydroxyl groups excluding tert-OH is 5. The van der Waals surface area contributed by atoms with Crippen molar-refractivity contribution in [3.05, 3.63) is 122 Å². The first-order valence-electron chi connectivity index (χ1n) is 34.7. The molecule has 0 spiro atoms. The minimum Gasteiger partial charge on any atom is -0.394 e. The van der Waals surface area contributed by atoms with Gasteiger partial charge < -0.3 is 40.3 Å². The largest absolute Gasteiger partial charge is 0.394 e. The van der Waals surface area contributed by atoms with E-state index in [1.165, 1.54) is 148 Å². The Bertz CT molecular complexity index is 1740. The van der Waals surface area contributed by atoms with Gasteiger partial charge in [-0.2, -0.15) is 0 Å². The van der Waals surface area contributed by atoms with Crippen LogP contribution in [-0.2, 0) is 14.3 Å². The van der Waals surface area contributed by atoms with Crippen LogP contribution in [0, 0.1) is 0 Å². The van der Waals surface area contributed by atoms with Crippen LogP contribution in [-0.4, -0.2) is 87.5 Å². The molecular weight excluding hydrogens is 1040 g/mol. The van der Waals surface area contributed by atoms with E-state index in [0.29, 0.717) is 12.8 Å². The Hall–Kier alpha value is -3.41. The maximum atomic E-state index is 13.1. The molecule has 0 aliphatic carbocycles. The second kappa shape index (κ2) is 62.6. The Balaban J connectivity index is 2.19. The van der Waals surface area contributed by atoms with Crippen molar-refractivity contribution in [3.63, 3.8) is 0 Å². The molecule has 1 rings (SSSR count). The fourth-order valence-electron chi connectivity index (χ4n) is 10.4. The number of rotatable bonds is 59. The van der Waals surface area contributed by atoms with Crippen molar-refractivity contribution in [2.24, 2.45) is 0 Å². The average Bonchev–Trinajstić information content (AvgIpc) is 3.70. The van der Waals surface area contributed by atoms with Crippen molar-refractivity contribution in [3.8, 4) is 0 Å². The first-order chi connectivity index (χ1) is 41.3. The van der Waals surface area contributed by atoms with E-state index in [9.17, 15) is 30.3 Å². The molecule has 7 atom stereocenters. The molecule has 1 aliphatic rings. The summed E-state index contributed by atoms with van der Waals surface area (Å²) >= 11 is 0. The first-order valence-corrected chi connectivity index (χ1v) is 34.7. The monoisotopic (exact) mass is 1170 g/mol. The van der Waals surface area contributed by atoms with E-state index in [0.717, 1.165) is 116 Å². The van der Waals surface area contributed by atoms with Gasteiger partial charge in [0.05, 0.1) is 25.4 Å². The van der Waals surface area contributed by atoms with Crippen molar-refractivity contribution < 1.29 is 39.8 Å². The van der Waals surface area contributed by atoms with Crippen molar-refractivity contribution in [2.45, 2.75) is 333 Å². The first kappa shape index (κ1) is 78.6. The van der Waals surface area contributed by atoms with Crippen LogP contribution >= 0.6 is 0 Å². The molecule has 0 aromatic heterocycles. The second-order valence-electron chi connectivity index (χ2n) is 23.6. The molecule has 84 heavy (non-hydrogen) atoms. The van der Waals surface area contributed by atoms with Gasteiger partial charge in [-0.1, -0.05) is 315 Å². The summed E-state index contributed by atoms with van der Waals surface area (Å²) < 4.78 is 11.4. The van der Waals surface area contributed by atoms with Gasteiger partial charge in [-0.05, 0) is 89.9 Å². The third-order valence-corrected chi connectivity index (χ3v) is 15.8. The summed E-state index contributed by atoms with van der Waals surface area (Å²) in [5.41, 5.74) is 0. The quantitative estimate of drug-likeness (QED) is 0.0261. The summed E-state index contributed by atoms with van der Waals surface area (Å²) in [6, 6.07) is -0.744. The van der Waals surface area contributed by atoms with E-state index < -0.39 is 49.5 Å². The molecule has 0 bridgehead atoms. The van der Waals surface area contributed by atoms with Crippen molar-refractivity contribution >= 4 is 5.91 Å². The molecule has 0 aromatic carbocycles. The normalized spacial score (nSPS) is 19.0. The number of hydrogen-bond acceptors (Lipinski definition) is 8. The fourth-order valence-corrected chi connectivity index (χ4v) is 10.4. The zero-order valence-corrected chi connectivity index (χ0v) is 53.9. The minimum absolute atomic E-state index is 0.155. The lowest BCUT2D eigenvalue weighted by atomic mass is 9.99. The Morgan fingerprint density at radius 1 is 0.417 bits per heavy atom. The molecule has 1 saturated heterocycles. The molecular formula is C75H129NO8. The van der Waals surface area contributed by atoms with Crippen LogP contribution < -0.4 is 5.32 Å². The van der Waals surface area contributed by atoms with Crippen molar-refractivity contribution in [2.75, 3.05) is 13.2 Å². The lowest BCUT2D eigenvalue weighted by Crippen LogP contribution is -2.60. The van der Waals surface area contributed by atoms with Gasteiger partial charge in [0.1, 0.15) is 24.4 Å². The van der Waals surface area contributed by atoms with Crippen LogP contribution in [0.25, 0.3) is 0 Å². The van der Waals surface area contributed by atoms with E-state index in [2.05, 4.69) is 141 Å². The van der Waals surface area contributed by atoms with Gasteiger partial charge in [0, 0.05) is 6.42 Å². The standard InChI is InChI=1S/C75H129NO8/c1-3-5-7-9-11-13-15-17-19-21-23-25-27-29-31-32-33-34-35-36-37-38-39-41-43-45-47-49-51-53-55-57-59-61-63-65-71(79)76-68(67-83-75-74(82)73(81)72(80)70(66-77)84-75)69(78)64-62-60-58-56-54-52-50-48-46-44-42-40-30-28-26-24-22-20-18-16-14-12-10-8-6-4-2/h5,7,11,13,17,19,23,25,29,31,33-34,36-37,39,41,45,47,51,53,68-70,72-75,77-78,80-82H,3-4,6,8-10,12,14-16,18,20-22,24,26-28,30,32,35,38,40,42-44,46,48-50,52,54-67H2,1-2H3,(H,76,79)/b7-5-,13-11-,19-17-,25-23-,31-29-,34-33-,37-36-,41-39-,47-45-,53-51-. The highest BCUT2D eigenvalue weighted by molar-refractivity contribution is 5.76. The minimum atomic E-state index is -1.57. The highest BCUT2D eigenvalue weighted by atomic mass is 16.7. The van der Waals surface area contributed by atoms with Gasteiger partial charge in [0.2, 0.25) is 5.91 Å². The second-order valence-corrected chi connectivity index (χ2v) is 23.6. The van der Waals surface area contributed by atoms with Gasteiger partial charge in [0.25, 0.3) is 0 Å². The Labute approximate surface area is 516 Å². The molecule has 9 nitrogen and oxygen atoms in total. The van der Waals surface area contributed by atoms with E-state index >= 15 is 0 Å². The molecule has 6 N–H and O–H groups in total. The average molecular weight is 1170 g/mol. The predicted molar refractivity (Wildman–Crippen MR) is 359 cm³/mol. The number of allylic oxidation sites excluding steroid dienone is 20. The number of nitrogens with one attached hydrogen (secondary N) is 1. The summed E-state index contributed by atoms with van der Waals surface area (Å²) in [4.78, 5) is 13.1. The Morgan fingerprint density at radius 2 is 0.738 bits per heavy atom. The highest BCUT2D eigenvalue weighted by Crippen LogP contribution is 2.23. The van der Waals surface area contributed by atoms with Crippen LogP contribution in [0.4, 0.5) is 0 Å². The molecule has 1 aliphatic heterocycles. The molecule has 9 heteroatoms. The van der Waals surface area contributed by atoms with Gasteiger partial charge in [-0.25, -0.2) is 0 Å². The van der Waals surface area contributed by atoms with Gasteiger partial charge in [-0.3, -0.25) is 4.79 Å². The number of hydrogen-bond donors (Lipinski definition) is 6. The highest BCUT2D eigenvalue weighted by Gasteiger charge is 2.44. The summed E-state index contributed by atoms with van der Waals surface area (Å²) in [6.45, 7) is 3.73. The predicted octanol–water partition coefficient (Wildman–Crippen LogP) is 19.0. The van der Waals surface area contributed by atoms with Crippen LogP contribution in [0.3, 0.4) is 0 Å². The lowest BCUT2D eigenvalue weighted by molar-refractivity contribution is -0.302. The maximum absolute atomic E-state index is 13.1. The molecule has 0 aromatic rings. The van der Waals surface area contributed by atoms with Gasteiger partial charge >= 0.3 is 0 Å². The topological polar surface area (TPSA) is 149 Å². The SMILES string of the molecule is CC/C=C\C/C=C\C/C=C\C/C=C\C/C=C\C/C=C\C/C=C\C/C=C\C/C=C\C/C=C\CCCCCCC(=O)NC(COC1OC(CO)C(O)C(O)C1O)C(O)CCCCCCCCCCCCCCCCCCCCCCCCCCCC. The van der Waals surface area contributed by atoms with Crippen LogP contribution in [0.1, 0.15) is 290 Å². The van der Waals surface area contributed by atoms with E-state index in [1.807, 2.05) is 0 Å². The van der Waals surface area contributed by atoms with Crippen molar-refractivity contribution in [1.29, 1.82) is 0 Å². The zero-order valence-electron chi connectivity index (χ0n) is 53.9. The Kier molecular flexibility index (Phi) is 58.6. The number of carbonyl (C=O) groups is 1. The smallest absolute Gasteiger partial charge is 0.220 e. The number of carbonyl (C=O) groups excluding carboxylic acids is 1. The fraction of sp³-hybridized carbons (Fsp3) is 0.720. The molecule has 0 saturated carbocycles. The number of unbranched alkanes of at least 4 members (excludes halogenated alkanes) is 29. The summed E-state index contributed by atoms with van der Waals surface area (Å²) in [7, 11) is 0. The summed E-state index contributed by atoms with van der Waals surface area (Å²) in [5, 5.41) is 54.9. The third-order valence-electron chi connectivity index (χ3n) is 15.8. The maximum Gasteiger partial charge on any atom is 0.220 e. The molecule has 1 heterocycles. The zero-order chi connectivity index (χ0) is 60.7. The Morgan fingerprint density at radius 3 is 1.10 bits per heavy atom. The molecule has 1 amide bonds. The van der Waals surface area contributed by atoms with Crippen LogP contribution in [0.2, 0.25) is 0 Å². The molecule has 7 unspecified atom stereocenters. The van der Waals surface area contributed by atoms with Gasteiger partial charge in [0.15, 0.2) is 6.29 Å². The summed E-state index contributed by atoms with van der Waals surface area (Å²) in [6.07, 6.45) is 86.8. The molecule has 1 fully saturated rings. The lowest BCUT2D eigenvalue weighted by Gasteiger charge is -2.40. The van der Waals surface area contributed by atoms with E-state index in [4.69, 9.17) is 9.47 Å². The van der Waals surface area contributed by atoms with Crippen molar-refractivity contribution in [1.82, 2.24) is 5.32 Å². The van der Waals surface area contributed by atoms with Gasteiger partial charge in [-0.15, -0.1) is 0 Å². The summed E-state index contributed by atoms with van der Waals surface area (Å²) in [5.74, 6) is -0.170. The van der Waals surface area contributed by atoms with Crippen LogP contribution in [0.5, 0.6) is 0 Å².